The molecule has 1 aromatic rings. The van der Waals surface area contributed by atoms with Crippen LogP contribution in [0.4, 0.5) is 5.69 Å². The zero-order valence-electron chi connectivity index (χ0n) is 5.65. The quantitative estimate of drug-likeness (QED) is 0.626. The number of rotatable bonds is 1. The maximum Gasteiger partial charge on any atom is 0.188 e. The highest BCUT2D eigenvalue weighted by atomic mass is 32.2. The Bertz CT molecular complexity index is 329. The van der Waals surface area contributed by atoms with Gasteiger partial charge in [0.2, 0.25) is 0 Å². The lowest BCUT2D eigenvalue weighted by molar-refractivity contribution is 0.684. The molecule has 3 nitrogen and oxygen atoms in total. The van der Waals surface area contributed by atoms with E-state index in [0.717, 1.165) is 0 Å². The van der Waals surface area contributed by atoms with Crippen LogP contribution >= 0.6 is 0 Å². The van der Waals surface area contributed by atoms with Crippen LogP contribution in [0.2, 0.25) is 0 Å². The van der Waals surface area contributed by atoms with Crippen LogP contribution in [0.15, 0.2) is 29.2 Å². The smallest absolute Gasteiger partial charge is 0.188 e. The van der Waals surface area contributed by atoms with Gasteiger partial charge in [-0.3, -0.25) is 0 Å². The first kappa shape index (κ1) is 7.92. The highest BCUT2D eigenvalue weighted by molar-refractivity contribution is 7.82. The SMILES string of the molecule is [C-]#[N+]c1cccc(S(N)=O)c1. The molecular weight excluding hydrogens is 160 g/mol. The molecule has 11 heavy (non-hydrogen) atoms. The van der Waals surface area contributed by atoms with Crippen molar-refractivity contribution in [3.8, 4) is 0 Å². The van der Waals surface area contributed by atoms with Crippen LogP contribution in [0.3, 0.4) is 0 Å². The van der Waals surface area contributed by atoms with E-state index in [4.69, 9.17) is 11.7 Å². The molecule has 1 atom stereocenters. The molecule has 0 spiro atoms. The predicted molar refractivity (Wildman–Crippen MR) is 43.3 cm³/mol. The summed E-state index contributed by atoms with van der Waals surface area (Å²) < 4.78 is 10.7. The van der Waals surface area contributed by atoms with Crippen LogP contribution in [0.5, 0.6) is 0 Å². The van der Waals surface area contributed by atoms with E-state index in [1.807, 2.05) is 0 Å². The zero-order chi connectivity index (χ0) is 8.27. The predicted octanol–water partition coefficient (Wildman–Crippen LogP) is 1.22. The van der Waals surface area contributed by atoms with Crippen LogP contribution in [0.1, 0.15) is 0 Å². The second-order valence-corrected chi connectivity index (χ2v) is 2.97. The molecular formula is C7H6N2OS. The third kappa shape index (κ3) is 1.87. The number of nitrogens with two attached hydrogens (primary N) is 1. The minimum atomic E-state index is -1.48. The van der Waals surface area contributed by atoms with Crippen molar-refractivity contribution in [3.05, 3.63) is 35.7 Å². The highest BCUT2D eigenvalue weighted by Crippen LogP contribution is 2.14. The molecule has 0 aliphatic rings. The van der Waals surface area contributed by atoms with Gasteiger partial charge in [0.05, 0.1) is 6.57 Å². The Labute approximate surface area is 67.2 Å². The van der Waals surface area contributed by atoms with Crippen molar-refractivity contribution in [2.45, 2.75) is 4.90 Å². The molecule has 0 aromatic heterocycles. The van der Waals surface area contributed by atoms with Crippen molar-refractivity contribution in [1.82, 2.24) is 0 Å². The molecule has 1 unspecified atom stereocenters. The topological polar surface area (TPSA) is 47.5 Å². The fraction of sp³-hybridized carbons (Fsp3) is 0. The summed E-state index contributed by atoms with van der Waals surface area (Å²) in [6.45, 7) is 6.67. The zero-order valence-corrected chi connectivity index (χ0v) is 6.47. The summed E-state index contributed by atoms with van der Waals surface area (Å²) >= 11 is 0. The van der Waals surface area contributed by atoms with Crippen LogP contribution in [-0.2, 0) is 11.0 Å². The van der Waals surface area contributed by atoms with E-state index < -0.39 is 11.0 Å². The molecule has 0 saturated carbocycles. The minimum absolute atomic E-state index is 0.460. The van der Waals surface area contributed by atoms with Gasteiger partial charge in [-0.05, 0) is 12.1 Å². The third-order valence-electron chi connectivity index (χ3n) is 1.18. The summed E-state index contributed by atoms with van der Waals surface area (Å²) in [6, 6.07) is 6.45. The third-order valence-corrected chi connectivity index (χ3v) is 1.90. The molecule has 0 saturated heterocycles. The summed E-state index contributed by atoms with van der Waals surface area (Å²) in [7, 11) is -1.48. The van der Waals surface area contributed by atoms with Gasteiger partial charge in [0.1, 0.15) is 11.0 Å². The molecule has 0 amide bonds. The summed E-state index contributed by atoms with van der Waals surface area (Å²) in [4.78, 5) is 3.66. The monoisotopic (exact) mass is 166 g/mol. The van der Waals surface area contributed by atoms with E-state index in [-0.39, 0.29) is 0 Å². The van der Waals surface area contributed by atoms with Crippen LogP contribution in [0.25, 0.3) is 4.85 Å². The standard InChI is InChI=1S/C7H6N2OS/c1-9-6-3-2-4-7(5-6)11(8)10/h2-5H,8H2. The van der Waals surface area contributed by atoms with Crippen molar-refractivity contribution in [2.75, 3.05) is 0 Å². The van der Waals surface area contributed by atoms with Gasteiger partial charge in [-0.15, -0.1) is 0 Å². The molecule has 0 radical (unpaired) electrons. The van der Waals surface area contributed by atoms with E-state index in [1.54, 1.807) is 18.2 Å². The molecule has 2 N–H and O–H groups in total. The Hall–Kier alpha value is -1.18. The first-order valence-corrected chi connectivity index (χ1v) is 4.09. The summed E-state index contributed by atoms with van der Waals surface area (Å²) in [5, 5.41) is 5.11. The first-order chi connectivity index (χ1) is 5.24. The van der Waals surface area contributed by atoms with Crippen LogP contribution in [0, 0.1) is 6.57 Å². The highest BCUT2D eigenvalue weighted by Gasteiger charge is 1.97. The first-order valence-electron chi connectivity index (χ1n) is 2.88. The average Bonchev–Trinajstić information content (AvgIpc) is 2.05. The van der Waals surface area contributed by atoms with Crippen molar-refractivity contribution in [2.24, 2.45) is 5.14 Å². The Balaban J connectivity index is 3.13. The second-order valence-electron chi connectivity index (χ2n) is 1.91. The lowest BCUT2D eigenvalue weighted by atomic mass is 10.3. The van der Waals surface area contributed by atoms with Crippen molar-refractivity contribution in [1.29, 1.82) is 0 Å². The molecule has 1 aromatic carbocycles. The van der Waals surface area contributed by atoms with E-state index in [1.165, 1.54) is 6.07 Å². The maximum absolute atomic E-state index is 10.7. The van der Waals surface area contributed by atoms with Crippen molar-refractivity contribution >= 4 is 16.7 Å². The van der Waals surface area contributed by atoms with Gasteiger partial charge >= 0.3 is 0 Å². The van der Waals surface area contributed by atoms with E-state index in [0.29, 0.717) is 10.6 Å². The molecule has 56 valence electrons. The van der Waals surface area contributed by atoms with E-state index in [9.17, 15) is 4.21 Å². The lowest BCUT2D eigenvalue weighted by Gasteiger charge is -1.94. The van der Waals surface area contributed by atoms with Gasteiger partial charge in [0.25, 0.3) is 0 Å². The van der Waals surface area contributed by atoms with Crippen molar-refractivity contribution in [3.63, 3.8) is 0 Å². The normalized spacial score (nSPS) is 12.0. The summed E-state index contributed by atoms with van der Waals surface area (Å²) in [5.41, 5.74) is 0.460. The number of nitrogens with zero attached hydrogens (tertiary/aromatic N) is 1. The number of hydrogen-bond acceptors (Lipinski definition) is 1. The maximum atomic E-state index is 10.7. The minimum Gasteiger partial charge on any atom is -0.248 e. The molecule has 0 fully saturated rings. The Morgan fingerprint density at radius 3 is 2.82 bits per heavy atom. The van der Waals surface area contributed by atoms with Gasteiger partial charge in [-0.2, -0.15) is 0 Å². The van der Waals surface area contributed by atoms with E-state index in [2.05, 4.69) is 4.85 Å². The van der Waals surface area contributed by atoms with Gasteiger partial charge < -0.3 is 0 Å². The molecule has 0 aliphatic heterocycles. The van der Waals surface area contributed by atoms with E-state index >= 15 is 0 Å². The molecule has 0 bridgehead atoms. The van der Waals surface area contributed by atoms with Crippen molar-refractivity contribution < 1.29 is 4.21 Å². The van der Waals surface area contributed by atoms with Gasteiger partial charge in [0, 0.05) is 4.90 Å². The van der Waals surface area contributed by atoms with Gasteiger partial charge in [0.15, 0.2) is 5.69 Å². The van der Waals surface area contributed by atoms with Gasteiger partial charge in [-0.25, -0.2) is 14.2 Å². The molecule has 4 heteroatoms. The fourth-order valence-electron chi connectivity index (χ4n) is 0.678. The number of benzene rings is 1. The summed E-state index contributed by atoms with van der Waals surface area (Å²) in [6.07, 6.45) is 0. The molecule has 0 heterocycles. The Kier molecular flexibility index (Phi) is 2.36. The number of hydrogen-bond donors (Lipinski definition) is 1. The van der Waals surface area contributed by atoms with Gasteiger partial charge in [-0.1, -0.05) is 12.1 Å². The lowest BCUT2D eigenvalue weighted by Crippen LogP contribution is -2.01. The largest absolute Gasteiger partial charge is 0.248 e. The molecule has 0 aliphatic carbocycles. The summed E-state index contributed by atoms with van der Waals surface area (Å²) in [5.74, 6) is 0. The van der Waals surface area contributed by atoms with Crippen LogP contribution in [-0.4, -0.2) is 4.21 Å². The average molecular weight is 166 g/mol. The fourth-order valence-corrected chi connectivity index (χ4v) is 1.13. The molecule has 1 rings (SSSR count). The Morgan fingerprint density at radius 1 is 1.55 bits per heavy atom. The second kappa shape index (κ2) is 3.28. The van der Waals surface area contributed by atoms with Crippen LogP contribution < -0.4 is 5.14 Å². The Morgan fingerprint density at radius 2 is 2.27 bits per heavy atom.